The number of aryl methyl sites for hydroxylation is 2. The van der Waals surface area contributed by atoms with Gasteiger partial charge in [0.15, 0.2) is 5.71 Å². The summed E-state index contributed by atoms with van der Waals surface area (Å²) < 4.78 is 18.8. The third-order valence-electron chi connectivity index (χ3n) is 6.62. The number of amides is 1. The fourth-order valence-corrected chi connectivity index (χ4v) is 4.78. The zero-order valence-corrected chi connectivity index (χ0v) is 22.2. The molecule has 1 aliphatic heterocycles. The van der Waals surface area contributed by atoms with Crippen LogP contribution >= 0.6 is 0 Å². The summed E-state index contributed by atoms with van der Waals surface area (Å²) in [5.74, 6) is -3.63. The topological polar surface area (TPSA) is 129 Å². The number of rotatable bonds is 6. The molecule has 4 aromatic rings. The van der Waals surface area contributed by atoms with Crippen molar-refractivity contribution in [3.63, 3.8) is 0 Å². The molecule has 9 nitrogen and oxygen atoms in total. The number of fused-ring (bicyclic) bond motifs is 1. The molecule has 206 valence electrons. The highest BCUT2D eigenvalue weighted by Gasteiger charge is 2.36. The lowest BCUT2D eigenvalue weighted by molar-refractivity contribution is -0.111. The van der Waals surface area contributed by atoms with Crippen molar-refractivity contribution in [3.05, 3.63) is 106 Å². The number of halogens is 1. The van der Waals surface area contributed by atoms with Gasteiger partial charge in [0, 0.05) is 16.8 Å². The first-order chi connectivity index (χ1) is 19.6. The molecule has 0 spiro atoms. The van der Waals surface area contributed by atoms with Gasteiger partial charge in [-0.1, -0.05) is 24.3 Å². The van der Waals surface area contributed by atoms with Gasteiger partial charge in [0.1, 0.15) is 11.6 Å². The van der Waals surface area contributed by atoms with Crippen LogP contribution in [0.4, 0.5) is 21.5 Å². The summed E-state index contributed by atoms with van der Waals surface area (Å²) in [6, 6.07) is 18.5. The Hall–Kier alpha value is -5.51. The van der Waals surface area contributed by atoms with Crippen molar-refractivity contribution in [2.24, 2.45) is 5.10 Å². The number of benzene rings is 4. The number of hydrogen-bond donors (Lipinski definition) is 3. The van der Waals surface area contributed by atoms with Crippen LogP contribution in [0.3, 0.4) is 0 Å². The summed E-state index contributed by atoms with van der Waals surface area (Å²) in [4.78, 5) is 38.9. The van der Waals surface area contributed by atoms with Gasteiger partial charge >= 0.3 is 11.9 Å². The van der Waals surface area contributed by atoms with Gasteiger partial charge in [-0.3, -0.25) is 15.1 Å². The Labute approximate surface area is 234 Å². The van der Waals surface area contributed by atoms with E-state index >= 15 is 0 Å². The molecule has 0 atom stereocenters. The summed E-state index contributed by atoms with van der Waals surface area (Å²) in [6.45, 7) is 3.82. The van der Waals surface area contributed by atoms with E-state index in [0.717, 1.165) is 23.3 Å². The predicted octanol–water partition coefficient (Wildman–Crippen LogP) is 5.79. The number of hydrogen-bond acceptors (Lipinski definition) is 7. The Balaban J connectivity index is 1.57. The van der Waals surface area contributed by atoms with Crippen molar-refractivity contribution < 1.29 is 33.7 Å². The van der Waals surface area contributed by atoms with Crippen LogP contribution in [0.15, 0.2) is 77.9 Å². The van der Waals surface area contributed by atoms with E-state index in [1.807, 2.05) is 32.0 Å². The number of carbonyl (C=O) groups is 3. The molecular formula is C31H24FN3O6. The number of carbonyl (C=O) groups excluding carboxylic acids is 2. The van der Waals surface area contributed by atoms with E-state index in [9.17, 15) is 29.0 Å². The lowest BCUT2D eigenvalue weighted by Crippen LogP contribution is -2.26. The van der Waals surface area contributed by atoms with E-state index in [1.54, 1.807) is 24.3 Å². The number of phenolic OH excluding ortho intramolecular Hbond substituents is 1. The number of nitrogens with zero attached hydrogens (tertiary/aromatic N) is 2. The molecule has 0 bridgehead atoms. The van der Waals surface area contributed by atoms with Gasteiger partial charge in [0.25, 0.3) is 5.91 Å². The highest BCUT2D eigenvalue weighted by Crippen LogP contribution is 2.39. The SMILES string of the molecule is COC(=O)c1ccc2c(c1)N(c1cc(C)cc(C)c1)C(=O)C2=NNc1cccc(-c2ccc(F)c(C(=O)O)c2)c1O. The molecule has 0 saturated carbocycles. The Morgan fingerprint density at radius 1 is 0.951 bits per heavy atom. The van der Waals surface area contributed by atoms with Gasteiger partial charge in [-0.25, -0.2) is 14.0 Å². The zero-order valence-electron chi connectivity index (χ0n) is 22.2. The van der Waals surface area contributed by atoms with E-state index < -0.39 is 29.2 Å². The first-order valence-electron chi connectivity index (χ1n) is 12.4. The molecule has 0 radical (unpaired) electrons. The number of aromatic carboxylic acids is 1. The van der Waals surface area contributed by atoms with Gasteiger partial charge in [-0.05, 0) is 79.1 Å². The Morgan fingerprint density at radius 2 is 1.68 bits per heavy atom. The maximum Gasteiger partial charge on any atom is 0.338 e. The molecule has 0 saturated heterocycles. The molecule has 3 N–H and O–H groups in total. The van der Waals surface area contributed by atoms with E-state index in [1.165, 1.54) is 30.2 Å². The van der Waals surface area contributed by atoms with Crippen LogP contribution in [0.2, 0.25) is 0 Å². The molecule has 1 heterocycles. The third-order valence-corrected chi connectivity index (χ3v) is 6.62. The molecule has 0 aliphatic carbocycles. The van der Waals surface area contributed by atoms with Crippen molar-refractivity contribution in [2.45, 2.75) is 13.8 Å². The van der Waals surface area contributed by atoms with Gasteiger partial charge in [-0.15, -0.1) is 0 Å². The standard InChI is InChI=1S/C31H24FN3O6/c1-16-11-17(2)13-20(12-16)35-26-15-19(31(40)41-3)7-9-22(26)27(29(35)37)34-33-25-6-4-5-21(28(25)36)18-8-10-24(32)23(14-18)30(38)39/h4-15,33,36H,1-3H3,(H,38,39). The monoisotopic (exact) mass is 553 g/mol. The first kappa shape index (κ1) is 27.1. The summed E-state index contributed by atoms with van der Waals surface area (Å²) in [5, 5.41) is 24.6. The molecule has 41 heavy (non-hydrogen) atoms. The first-order valence-corrected chi connectivity index (χ1v) is 12.4. The molecule has 4 aromatic carbocycles. The van der Waals surface area contributed by atoms with Crippen LogP contribution in [-0.2, 0) is 9.53 Å². The normalized spacial score (nSPS) is 13.3. The van der Waals surface area contributed by atoms with Gasteiger partial charge in [-0.2, -0.15) is 5.10 Å². The van der Waals surface area contributed by atoms with Crippen molar-refractivity contribution in [1.82, 2.24) is 0 Å². The number of carboxylic acids is 1. The van der Waals surface area contributed by atoms with Crippen LogP contribution < -0.4 is 10.3 Å². The van der Waals surface area contributed by atoms with Gasteiger partial charge < -0.3 is 14.9 Å². The number of carboxylic acid groups (broad SMARTS) is 1. The van der Waals surface area contributed by atoms with Crippen LogP contribution in [-0.4, -0.2) is 40.9 Å². The molecule has 0 unspecified atom stereocenters. The number of phenols is 1. The maximum absolute atomic E-state index is 13.9. The summed E-state index contributed by atoms with van der Waals surface area (Å²) in [6.07, 6.45) is 0. The van der Waals surface area contributed by atoms with E-state index in [0.29, 0.717) is 16.9 Å². The minimum atomic E-state index is -1.44. The number of nitrogens with one attached hydrogen (secondary N) is 1. The lowest BCUT2D eigenvalue weighted by Gasteiger charge is -2.19. The van der Waals surface area contributed by atoms with Crippen LogP contribution in [0, 0.1) is 19.7 Å². The third kappa shape index (κ3) is 4.98. The second-order valence-corrected chi connectivity index (χ2v) is 9.48. The van der Waals surface area contributed by atoms with Crippen LogP contribution in [0.1, 0.15) is 37.4 Å². The summed E-state index contributed by atoms with van der Waals surface area (Å²) in [7, 11) is 1.27. The Morgan fingerprint density at radius 3 is 2.37 bits per heavy atom. The number of para-hydroxylation sites is 1. The minimum Gasteiger partial charge on any atom is -0.505 e. The van der Waals surface area contributed by atoms with E-state index in [-0.39, 0.29) is 33.8 Å². The summed E-state index contributed by atoms with van der Waals surface area (Å²) in [5.41, 5.74) is 6.50. The smallest absolute Gasteiger partial charge is 0.338 e. The Bertz CT molecular complexity index is 1760. The van der Waals surface area contributed by atoms with Crippen LogP contribution in [0.25, 0.3) is 11.1 Å². The minimum absolute atomic E-state index is 0.0373. The maximum atomic E-state index is 13.9. The average Bonchev–Trinajstić information content (AvgIpc) is 3.21. The van der Waals surface area contributed by atoms with Crippen molar-refractivity contribution in [1.29, 1.82) is 0 Å². The molecule has 0 fully saturated rings. The second kappa shape index (κ2) is 10.6. The Kier molecular flexibility index (Phi) is 6.98. The fraction of sp³-hybridized carbons (Fsp3) is 0.0968. The number of ether oxygens (including phenoxy) is 1. The molecular weight excluding hydrogens is 529 g/mol. The molecule has 1 amide bonds. The number of aromatic hydroxyl groups is 1. The average molecular weight is 554 g/mol. The van der Waals surface area contributed by atoms with Crippen LogP contribution in [0.5, 0.6) is 5.75 Å². The van der Waals surface area contributed by atoms with E-state index in [4.69, 9.17) is 4.74 Å². The van der Waals surface area contributed by atoms with E-state index in [2.05, 4.69) is 10.5 Å². The van der Waals surface area contributed by atoms with Gasteiger partial charge in [0.2, 0.25) is 0 Å². The second-order valence-electron chi connectivity index (χ2n) is 9.48. The highest BCUT2D eigenvalue weighted by molar-refractivity contribution is 6.55. The summed E-state index contributed by atoms with van der Waals surface area (Å²) >= 11 is 0. The fourth-order valence-electron chi connectivity index (χ4n) is 4.78. The molecule has 0 aromatic heterocycles. The largest absolute Gasteiger partial charge is 0.505 e. The van der Waals surface area contributed by atoms with Crippen molar-refractivity contribution in [3.8, 4) is 16.9 Å². The lowest BCUT2D eigenvalue weighted by atomic mass is 10.0. The number of methoxy groups -OCH3 is 1. The highest BCUT2D eigenvalue weighted by atomic mass is 19.1. The van der Waals surface area contributed by atoms with Gasteiger partial charge in [0.05, 0.1) is 29.6 Å². The molecule has 5 rings (SSSR count). The molecule has 10 heteroatoms. The quantitative estimate of drug-likeness (QED) is 0.157. The zero-order chi connectivity index (χ0) is 29.4. The van der Waals surface area contributed by atoms with Crippen molar-refractivity contribution >= 4 is 40.6 Å². The number of anilines is 3. The predicted molar refractivity (Wildman–Crippen MR) is 151 cm³/mol. The van der Waals surface area contributed by atoms with Crippen molar-refractivity contribution in [2.75, 3.05) is 17.4 Å². The molecule has 1 aliphatic rings. The number of esters is 1. The number of hydrazone groups is 1.